The number of hydrogen-bond donors (Lipinski definition) is 2. The molecule has 23 heavy (non-hydrogen) atoms. The maximum Gasteiger partial charge on any atom is 0.0773 e. The van der Waals surface area contributed by atoms with Crippen molar-refractivity contribution < 1.29 is 24.4 Å². The fraction of sp³-hybridized carbons (Fsp3) is 1.00. The third-order valence-electron chi connectivity index (χ3n) is 3.68. The number of rotatable bonds is 19. The van der Waals surface area contributed by atoms with Crippen LogP contribution in [0.15, 0.2) is 0 Å². The molecular weight excluding hydrogens is 296 g/mol. The van der Waals surface area contributed by atoms with Crippen LogP contribution in [0.3, 0.4) is 0 Å². The largest absolute Gasteiger partial charge is 0.394 e. The average molecular weight is 334 g/mol. The van der Waals surface area contributed by atoms with Gasteiger partial charge in [-0.1, -0.05) is 58.3 Å². The Morgan fingerprint density at radius 1 is 0.696 bits per heavy atom. The molecule has 0 fully saturated rings. The normalized spacial score (nSPS) is 12.7. The second kappa shape index (κ2) is 19.8. The van der Waals surface area contributed by atoms with Gasteiger partial charge >= 0.3 is 0 Å². The third-order valence-corrected chi connectivity index (χ3v) is 3.68. The Morgan fingerprint density at radius 3 is 1.83 bits per heavy atom. The topological polar surface area (TPSA) is 68.2 Å². The molecular formula is C18H38O5. The molecule has 0 radical (unpaired) electrons. The van der Waals surface area contributed by atoms with Crippen LogP contribution in [0.5, 0.6) is 0 Å². The van der Waals surface area contributed by atoms with Crippen molar-refractivity contribution in [1.82, 2.24) is 0 Å². The highest BCUT2D eigenvalue weighted by atomic mass is 16.5. The average Bonchev–Trinajstić information content (AvgIpc) is 2.56. The van der Waals surface area contributed by atoms with Gasteiger partial charge in [0.2, 0.25) is 0 Å². The minimum atomic E-state index is -0.358. The summed E-state index contributed by atoms with van der Waals surface area (Å²) in [5.41, 5.74) is 0. The minimum absolute atomic E-state index is 0.0415. The highest BCUT2D eigenvalue weighted by Crippen LogP contribution is 2.10. The van der Waals surface area contributed by atoms with E-state index in [9.17, 15) is 5.11 Å². The summed E-state index contributed by atoms with van der Waals surface area (Å²) >= 11 is 0. The molecule has 0 aliphatic carbocycles. The van der Waals surface area contributed by atoms with E-state index in [0.29, 0.717) is 39.6 Å². The molecule has 1 unspecified atom stereocenters. The van der Waals surface area contributed by atoms with E-state index in [0.717, 1.165) is 12.8 Å². The Hall–Kier alpha value is -0.200. The molecule has 0 aliphatic heterocycles. The van der Waals surface area contributed by atoms with E-state index >= 15 is 0 Å². The van der Waals surface area contributed by atoms with E-state index in [2.05, 4.69) is 6.92 Å². The van der Waals surface area contributed by atoms with Crippen LogP contribution in [-0.2, 0) is 14.2 Å². The van der Waals surface area contributed by atoms with Gasteiger partial charge in [-0.05, 0) is 6.42 Å². The molecule has 0 bridgehead atoms. The van der Waals surface area contributed by atoms with Crippen molar-refractivity contribution in [1.29, 1.82) is 0 Å². The van der Waals surface area contributed by atoms with Gasteiger partial charge in [0.15, 0.2) is 0 Å². The van der Waals surface area contributed by atoms with Gasteiger partial charge in [-0.3, -0.25) is 0 Å². The molecule has 140 valence electrons. The van der Waals surface area contributed by atoms with Crippen LogP contribution in [-0.4, -0.2) is 62.6 Å². The minimum Gasteiger partial charge on any atom is -0.394 e. The zero-order valence-corrected chi connectivity index (χ0v) is 15.0. The Morgan fingerprint density at radius 2 is 1.22 bits per heavy atom. The SMILES string of the molecule is CCCCCCCCCCC(O)COCCOCCOCCO. The van der Waals surface area contributed by atoms with Crippen LogP contribution < -0.4 is 0 Å². The maximum absolute atomic E-state index is 9.81. The molecule has 0 rings (SSSR count). The van der Waals surface area contributed by atoms with Gasteiger partial charge < -0.3 is 24.4 Å². The lowest BCUT2D eigenvalue weighted by atomic mass is 10.1. The van der Waals surface area contributed by atoms with Gasteiger partial charge in [-0.15, -0.1) is 0 Å². The molecule has 5 heteroatoms. The standard InChI is InChI=1S/C18H38O5/c1-2-3-4-5-6-7-8-9-10-18(20)17-23-16-15-22-14-13-21-12-11-19/h18-20H,2-17H2,1H3. The summed E-state index contributed by atoms with van der Waals surface area (Å²) < 4.78 is 15.8. The Kier molecular flexibility index (Phi) is 19.7. The third kappa shape index (κ3) is 19.8. The van der Waals surface area contributed by atoms with Gasteiger partial charge in [0.05, 0.1) is 52.4 Å². The number of aliphatic hydroxyl groups is 2. The highest BCUT2D eigenvalue weighted by molar-refractivity contribution is 4.55. The van der Waals surface area contributed by atoms with E-state index in [1.54, 1.807) is 0 Å². The first kappa shape index (κ1) is 22.8. The Balaban J connectivity index is 3.11. The number of aliphatic hydroxyl groups excluding tert-OH is 2. The fourth-order valence-electron chi connectivity index (χ4n) is 2.32. The molecule has 1 atom stereocenters. The van der Waals surface area contributed by atoms with Crippen LogP contribution in [0.25, 0.3) is 0 Å². The molecule has 2 N–H and O–H groups in total. The summed E-state index contributed by atoms with van der Waals surface area (Å²) in [5, 5.41) is 18.3. The first-order chi connectivity index (χ1) is 11.3. The quantitative estimate of drug-likeness (QED) is 0.356. The molecule has 0 spiro atoms. The van der Waals surface area contributed by atoms with Crippen molar-refractivity contribution in [3.63, 3.8) is 0 Å². The highest BCUT2D eigenvalue weighted by Gasteiger charge is 2.04. The van der Waals surface area contributed by atoms with Gasteiger partial charge in [0.1, 0.15) is 0 Å². The van der Waals surface area contributed by atoms with Crippen molar-refractivity contribution in [2.24, 2.45) is 0 Å². The van der Waals surface area contributed by atoms with Crippen LogP contribution in [0.1, 0.15) is 64.7 Å². The molecule has 5 nitrogen and oxygen atoms in total. The van der Waals surface area contributed by atoms with E-state index in [-0.39, 0.29) is 12.7 Å². The van der Waals surface area contributed by atoms with Gasteiger partial charge in [-0.2, -0.15) is 0 Å². The summed E-state index contributed by atoms with van der Waals surface area (Å²) in [6.07, 6.45) is 10.7. The number of ether oxygens (including phenoxy) is 3. The first-order valence-electron chi connectivity index (χ1n) is 9.33. The number of hydrogen-bond acceptors (Lipinski definition) is 5. The lowest BCUT2D eigenvalue weighted by molar-refractivity contribution is -0.0144. The molecule has 0 heterocycles. The van der Waals surface area contributed by atoms with Crippen molar-refractivity contribution >= 4 is 0 Å². The molecule has 0 aromatic carbocycles. The van der Waals surface area contributed by atoms with Gasteiger partial charge in [-0.25, -0.2) is 0 Å². The van der Waals surface area contributed by atoms with Gasteiger partial charge in [0.25, 0.3) is 0 Å². The van der Waals surface area contributed by atoms with Gasteiger partial charge in [0, 0.05) is 0 Å². The van der Waals surface area contributed by atoms with Crippen molar-refractivity contribution in [2.75, 3.05) is 46.2 Å². The fourth-order valence-corrected chi connectivity index (χ4v) is 2.32. The van der Waals surface area contributed by atoms with Crippen LogP contribution >= 0.6 is 0 Å². The number of unbranched alkanes of at least 4 members (excludes halogenated alkanes) is 7. The van der Waals surface area contributed by atoms with Crippen molar-refractivity contribution in [3.05, 3.63) is 0 Å². The van der Waals surface area contributed by atoms with Crippen LogP contribution in [0, 0.1) is 0 Å². The second-order valence-corrected chi connectivity index (χ2v) is 5.94. The lowest BCUT2D eigenvalue weighted by Gasteiger charge is -2.11. The van der Waals surface area contributed by atoms with E-state index < -0.39 is 0 Å². The Bertz CT molecular complexity index is 214. The zero-order chi connectivity index (χ0) is 17.0. The first-order valence-corrected chi connectivity index (χ1v) is 9.33. The molecule has 0 saturated heterocycles. The van der Waals surface area contributed by atoms with Crippen molar-refractivity contribution in [2.45, 2.75) is 70.8 Å². The van der Waals surface area contributed by atoms with Crippen LogP contribution in [0.4, 0.5) is 0 Å². The smallest absolute Gasteiger partial charge is 0.0773 e. The second-order valence-electron chi connectivity index (χ2n) is 5.94. The summed E-state index contributed by atoms with van der Waals surface area (Å²) in [7, 11) is 0. The summed E-state index contributed by atoms with van der Waals surface area (Å²) in [6, 6.07) is 0. The van der Waals surface area contributed by atoms with E-state index in [1.165, 1.54) is 44.9 Å². The monoisotopic (exact) mass is 334 g/mol. The zero-order valence-electron chi connectivity index (χ0n) is 15.0. The summed E-state index contributed by atoms with van der Waals surface area (Å²) in [6.45, 7) is 5.02. The Labute approximate surface area is 142 Å². The predicted molar refractivity (Wildman–Crippen MR) is 92.8 cm³/mol. The molecule has 0 saturated carbocycles. The molecule has 0 amide bonds. The lowest BCUT2D eigenvalue weighted by Crippen LogP contribution is -2.18. The molecule has 0 aromatic heterocycles. The van der Waals surface area contributed by atoms with E-state index in [4.69, 9.17) is 19.3 Å². The summed E-state index contributed by atoms with van der Waals surface area (Å²) in [4.78, 5) is 0. The van der Waals surface area contributed by atoms with E-state index in [1.807, 2.05) is 0 Å². The summed E-state index contributed by atoms with van der Waals surface area (Å²) in [5.74, 6) is 0. The predicted octanol–water partition coefficient (Wildman–Crippen LogP) is 2.92. The maximum atomic E-state index is 9.81. The molecule has 0 aromatic rings. The van der Waals surface area contributed by atoms with Crippen LogP contribution in [0.2, 0.25) is 0 Å². The van der Waals surface area contributed by atoms with Crippen molar-refractivity contribution in [3.8, 4) is 0 Å². The molecule has 0 aliphatic rings.